The molecule has 0 aromatic heterocycles. The van der Waals surface area contributed by atoms with Crippen molar-refractivity contribution in [1.29, 1.82) is 0 Å². The fourth-order valence-corrected chi connectivity index (χ4v) is 2.55. The number of hydrogen-bond acceptors (Lipinski definition) is 3. The minimum absolute atomic E-state index is 0.0195. The summed E-state index contributed by atoms with van der Waals surface area (Å²) in [6, 6.07) is 3.45. The molecule has 0 spiro atoms. The summed E-state index contributed by atoms with van der Waals surface area (Å²) in [5.41, 5.74) is -0.816. The Balaban J connectivity index is 2.04. The number of benzene rings is 1. The van der Waals surface area contributed by atoms with Gasteiger partial charge in [0, 0.05) is 25.3 Å². The van der Waals surface area contributed by atoms with Crippen LogP contribution in [0.15, 0.2) is 18.2 Å². The maximum Gasteiger partial charge on any atom is 0.416 e. The fraction of sp³-hybridized carbons (Fsp3) is 0.438. The van der Waals surface area contributed by atoms with Gasteiger partial charge in [-0.1, -0.05) is 6.07 Å². The average molecular weight is 357 g/mol. The maximum atomic E-state index is 12.9. The van der Waals surface area contributed by atoms with Gasteiger partial charge in [-0.15, -0.1) is 0 Å². The topological polar surface area (TPSA) is 69.7 Å². The predicted octanol–water partition coefficient (Wildman–Crippen LogP) is 1.64. The average Bonchev–Trinajstić information content (AvgIpc) is 2.53. The molecule has 1 aliphatic heterocycles. The first kappa shape index (κ1) is 18.8. The van der Waals surface area contributed by atoms with Crippen molar-refractivity contribution >= 4 is 23.4 Å². The van der Waals surface area contributed by atoms with Crippen LogP contribution in [0.2, 0.25) is 0 Å². The van der Waals surface area contributed by atoms with Crippen LogP contribution in [0.4, 0.5) is 18.9 Å². The van der Waals surface area contributed by atoms with Crippen molar-refractivity contribution < 1.29 is 27.6 Å². The Morgan fingerprint density at radius 2 is 1.76 bits per heavy atom. The van der Waals surface area contributed by atoms with E-state index in [2.05, 4.69) is 5.32 Å². The van der Waals surface area contributed by atoms with Gasteiger partial charge in [-0.25, -0.2) is 0 Å². The highest BCUT2D eigenvalue weighted by atomic mass is 19.4. The number of halogens is 3. The molecule has 9 heteroatoms. The van der Waals surface area contributed by atoms with E-state index in [9.17, 15) is 27.6 Å². The molecule has 1 saturated heterocycles. The molecule has 2 rings (SSSR count). The smallest absolute Gasteiger partial charge is 0.333 e. The molecule has 25 heavy (non-hydrogen) atoms. The Morgan fingerprint density at radius 1 is 1.16 bits per heavy atom. The summed E-state index contributed by atoms with van der Waals surface area (Å²) in [5, 5.41) is 2.33. The second-order valence-corrected chi connectivity index (χ2v) is 5.69. The van der Waals surface area contributed by atoms with Crippen LogP contribution in [0, 0.1) is 6.92 Å². The van der Waals surface area contributed by atoms with E-state index in [-0.39, 0.29) is 17.8 Å². The molecule has 6 nitrogen and oxygen atoms in total. The lowest BCUT2D eigenvalue weighted by atomic mass is 10.1. The SMILES string of the molecule is CCN1CCN(CC(=O)Nc2ccc(C)c(C(F)(F)F)c2)C(=O)C1=O. The molecule has 1 aliphatic rings. The normalized spacial score (nSPS) is 15.6. The highest BCUT2D eigenvalue weighted by Gasteiger charge is 2.34. The van der Waals surface area contributed by atoms with Gasteiger partial charge in [0.1, 0.15) is 6.54 Å². The van der Waals surface area contributed by atoms with Gasteiger partial charge in [0.25, 0.3) is 0 Å². The number of hydrogen-bond donors (Lipinski definition) is 1. The van der Waals surface area contributed by atoms with E-state index in [1.807, 2.05) is 0 Å². The molecule has 1 fully saturated rings. The van der Waals surface area contributed by atoms with Gasteiger partial charge < -0.3 is 15.1 Å². The van der Waals surface area contributed by atoms with Crippen LogP contribution in [-0.2, 0) is 20.6 Å². The first-order valence-corrected chi connectivity index (χ1v) is 7.69. The van der Waals surface area contributed by atoms with Crippen molar-refractivity contribution in [3.05, 3.63) is 29.3 Å². The molecule has 0 saturated carbocycles. The van der Waals surface area contributed by atoms with Crippen LogP contribution in [0.25, 0.3) is 0 Å². The molecule has 0 unspecified atom stereocenters. The number of alkyl halides is 3. The first-order chi connectivity index (χ1) is 11.6. The summed E-state index contributed by atoms with van der Waals surface area (Å²) < 4.78 is 38.7. The number of nitrogens with zero attached hydrogens (tertiary/aromatic N) is 2. The van der Waals surface area contributed by atoms with Crippen molar-refractivity contribution in [2.45, 2.75) is 20.0 Å². The summed E-state index contributed by atoms with van der Waals surface area (Å²) >= 11 is 0. The van der Waals surface area contributed by atoms with Crippen molar-refractivity contribution in [2.75, 3.05) is 31.5 Å². The lowest BCUT2D eigenvalue weighted by molar-refractivity contribution is -0.156. The third-order valence-electron chi connectivity index (χ3n) is 3.94. The number of piperazine rings is 1. The Kier molecular flexibility index (Phi) is 5.34. The molecule has 0 atom stereocenters. The van der Waals surface area contributed by atoms with Crippen molar-refractivity contribution in [2.24, 2.45) is 0 Å². The van der Waals surface area contributed by atoms with Crippen molar-refractivity contribution in [3.63, 3.8) is 0 Å². The molecular formula is C16H18F3N3O3. The van der Waals surface area contributed by atoms with Gasteiger partial charge in [0.2, 0.25) is 5.91 Å². The maximum absolute atomic E-state index is 12.9. The van der Waals surface area contributed by atoms with Crippen LogP contribution in [0.1, 0.15) is 18.1 Å². The highest BCUT2D eigenvalue weighted by Crippen LogP contribution is 2.33. The zero-order valence-corrected chi connectivity index (χ0v) is 13.8. The molecular weight excluding hydrogens is 339 g/mol. The predicted molar refractivity (Wildman–Crippen MR) is 83.6 cm³/mol. The fourth-order valence-electron chi connectivity index (χ4n) is 2.55. The molecule has 1 heterocycles. The van der Waals surface area contributed by atoms with Crippen LogP contribution in [0.5, 0.6) is 0 Å². The molecule has 0 aliphatic carbocycles. The van der Waals surface area contributed by atoms with Gasteiger partial charge in [0.15, 0.2) is 0 Å². The van der Waals surface area contributed by atoms with Gasteiger partial charge in [-0.3, -0.25) is 14.4 Å². The van der Waals surface area contributed by atoms with Crippen molar-refractivity contribution in [1.82, 2.24) is 9.80 Å². The van der Waals surface area contributed by atoms with E-state index < -0.39 is 36.0 Å². The number of nitrogens with one attached hydrogen (secondary N) is 1. The van der Waals surface area contributed by atoms with Crippen molar-refractivity contribution in [3.8, 4) is 0 Å². The van der Waals surface area contributed by atoms with E-state index in [0.29, 0.717) is 13.1 Å². The Hall–Kier alpha value is -2.58. The van der Waals surface area contributed by atoms with Crippen LogP contribution >= 0.6 is 0 Å². The monoisotopic (exact) mass is 357 g/mol. The molecule has 3 amide bonds. The zero-order valence-electron chi connectivity index (χ0n) is 13.8. The number of carbonyl (C=O) groups is 3. The number of amides is 3. The van der Waals surface area contributed by atoms with Crippen LogP contribution in [-0.4, -0.2) is 53.7 Å². The molecule has 1 N–H and O–H groups in total. The number of carbonyl (C=O) groups excluding carboxylic acids is 3. The summed E-state index contributed by atoms with van der Waals surface area (Å²) in [5.74, 6) is -2.14. The van der Waals surface area contributed by atoms with E-state index in [1.54, 1.807) is 6.92 Å². The Bertz CT molecular complexity index is 704. The number of anilines is 1. The molecule has 1 aromatic rings. The lowest BCUT2D eigenvalue weighted by Crippen LogP contribution is -2.55. The highest BCUT2D eigenvalue weighted by molar-refractivity contribution is 6.35. The second kappa shape index (κ2) is 7.12. The van der Waals surface area contributed by atoms with Crippen LogP contribution in [0.3, 0.4) is 0 Å². The quantitative estimate of drug-likeness (QED) is 0.833. The number of aryl methyl sites for hydroxylation is 1. The summed E-state index contributed by atoms with van der Waals surface area (Å²) in [6.45, 7) is 3.59. The van der Waals surface area contributed by atoms with E-state index in [4.69, 9.17) is 0 Å². The van der Waals surface area contributed by atoms with Gasteiger partial charge in [0.05, 0.1) is 5.56 Å². The number of rotatable bonds is 4. The molecule has 0 bridgehead atoms. The molecule has 136 valence electrons. The minimum Gasteiger partial charge on any atom is -0.333 e. The Labute approximate surface area is 142 Å². The van der Waals surface area contributed by atoms with Gasteiger partial charge in [-0.2, -0.15) is 13.2 Å². The first-order valence-electron chi connectivity index (χ1n) is 7.69. The third kappa shape index (κ3) is 4.28. The van der Waals surface area contributed by atoms with Crippen LogP contribution < -0.4 is 5.32 Å². The molecule has 1 aromatic carbocycles. The summed E-state index contributed by atoms with van der Waals surface area (Å²) in [4.78, 5) is 38.2. The zero-order chi connectivity index (χ0) is 18.8. The third-order valence-corrected chi connectivity index (χ3v) is 3.94. The largest absolute Gasteiger partial charge is 0.416 e. The standard InChI is InChI=1S/C16H18F3N3O3/c1-3-21-6-7-22(15(25)14(21)24)9-13(23)20-11-5-4-10(2)12(8-11)16(17,18)19/h4-5,8H,3,6-7,9H2,1-2H3,(H,20,23). The van der Waals surface area contributed by atoms with E-state index in [0.717, 1.165) is 11.0 Å². The summed E-state index contributed by atoms with van der Waals surface area (Å²) in [7, 11) is 0. The van der Waals surface area contributed by atoms with E-state index in [1.165, 1.54) is 24.0 Å². The second-order valence-electron chi connectivity index (χ2n) is 5.69. The van der Waals surface area contributed by atoms with Gasteiger partial charge in [-0.05, 0) is 31.5 Å². The molecule has 0 radical (unpaired) electrons. The summed E-state index contributed by atoms with van der Waals surface area (Å²) in [6.07, 6.45) is -4.52. The number of likely N-dealkylation sites (N-methyl/N-ethyl adjacent to an activating group) is 1. The minimum atomic E-state index is -4.52. The van der Waals surface area contributed by atoms with Gasteiger partial charge >= 0.3 is 18.0 Å². The van der Waals surface area contributed by atoms with E-state index >= 15 is 0 Å². The lowest BCUT2D eigenvalue weighted by Gasteiger charge is -2.32. The Morgan fingerprint density at radius 3 is 2.36 bits per heavy atom.